The molecular weight excluding hydrogens is 631 g/mol. The van der Waals surface area contributed by atoms with Gasteiger partial charge in [-0.2, -0.15) is 5.26 Å². The van der Waals surface area contributed by atoms with Crippen molar-refractivity contribution in [2.75, 3.05) is 0 Å². The molecule has 8 aromatic carbocycles. The fourth-order valence-electron chi connectivity index (χ4n) is 7.84. The minimum atomic E-state index is 0.668. The van der Waals surface area contributed by atoms with Crippen molar-refractivity contribution >= 4 is 43.6 Å². The van der Waals surface area contributed by atoms with Crippen molar-refractivity contribution in [1.82, 2.24) is 9.13 Å². The van der Waals surface area contributed by atoms with Crippen LogP contribution in [0.25, 0.3) is 88.4 Å². The van der Waals surface area contributed by atoms with Crippen LogP contribution in [0.3, 0.4) is 0 Å². The fourth-order valence-corrected chi connectivity index (χ4v) is 7.84. The topological polar surface area (TPSA) is 33.6 Å². The zero-order chi connectivity index (χ0) is 34.6. The van der Waals surface area contributed by atoms with E-state index in [-0.39, 0.29) is 0 Å². The van der Waals surface area contributed by atoms with E-state index < -0.39 is 0 Å². The SMILES string of the molecule is N#Cc1ccc(-c2ccc(-n3c4ccccc4c4cc(-c5ccc6c(c5)c5ccccc5n6-c5ccc(-c6ccccc6)cc5)ccc43)cc2)cc1. The highest BCUT2D eigenvalue weighted by Gasteiger charge is 2.16. The zero-order valence-electron chi connectivity index (χ0n) is 28.2. The van der Waals surface area contributed by atoms with E-state index in [0.29, 0.717) is 5.56 Å². The predicted octanol–water partition coefficient (Wildman–Crippen LogP) is 12.8. The van der Waals surface area contributed by atoms with Crippen molar-refractivity contribution in [3.63, 3.8) is 0 Å². The molecule has 0 saturated heterocycles. The third-order valence-electron chi connectivity index (χ3n) is 10.4. The Labute approximate surface area is 301 Å². The van der Waals surface area contributed by atoms with E-state index in [9.17, 15) is 5.26 Å². The highest BCUT2D eigenvalue weighted by Crippen LogP contribution is 2.38. The van der Waals surface area contributed by atoms with Gasteiger partial charge in [0.05, 0.1) is 33.7 Å². The molecule has 10 aromatic rings. The molecule has 0 aliphatic carbocycles. The molecule has 0 aliphatic rings. The number of para-hydroxylation sites is 2. The van der Waals surface area contributed by atoms with E-state index in [1.165, 1.54) is 65.9 Å². The summed E-state index contributed by atoms with van der Waals surface area (Å²) in [5.41, 5.74) is 14.7. The highest BCUT2D eigenvalue weighted by molar-refractivity contribution is 6.12. The Hall–Kier alpha value is -7.15. The van der Waals surface area contributed by atoms with Gasteiger partial charge in [-0.15, -0.1) is 0 Å². The van der Waals surface area contributed by atoms with Gasteiger partial charge in [0, 0.05) is 32.9 Å². The maximum atomic E-state index is 9.20. The number of aromatic nitrogens is 2. The summed E-state index contributed by atoms with van der Waals surface area (Å²) < 4.78 is 4.74. The van der Waals surface area contributed by atoms with Gasteiger partial charge in [0.2, 0.25) is 0 Å². The monoisotopic (exact) mass is 661 g/mol. The maximum Gasteiger partial charge on any atom is 0.0991 e. The average molecular weight is 662 g/mol. The minimum Gasteiger partial charge on any atom is -0.309 e. The molecule has 0 amide bonds. The Morgan fingerprint density at radius 1 is 0.308 bits per heavy atom. The Kier molecular flexibility index (Phi) is 6.87. The minimum absolute atomic E-state index is 0.668. The molecule has 2 aromatic heterocycles. The fraction of sp³-hybridized carbons (Fsp3) is 0. The van der Waals surface area contributed by atoms with Gasteiger partial charge in [-0.1, -0.05) is 115 Å². The van der Waals surface area contributed by atoms with Gasteiger partial charge in [-0.05, 0) is 106 Å². The van der Waals surface area contributed by atoms with E-state index >= 15 is 0 Å². The summed E-state index contributed by atoms with van der Waals surface area (Å²) in [5, 5.41) is 14.1. The highest BCUT2D eigenvalue weighted by atomic mass is 15.0. The average Bonchev–Trinajstić information content (AvgIpc) is 3.73. The van der Waals surface area contributed by atoms with Crippen LogP contribution < -0.4 is 0 Å². The lowest BCUT2D eigenvalue weighted by Crippen LogP contribution is -1.94. The Morgan fingerprint density at radius 2 is 0.673 bits per heavy atom. The molecular formula is C49H31N3. The van der Waals surface area contributed by atoms with Crippen molar-refractivity contribution in [2.45, 2.75) is 0 Å². The summed E-state index contributed by atoms with van der Waals surface area (Å²) in [7, 11) is 0. The van der Waals surface area contributed by atoms with Crippen molar-refractivity contribution in [3.05, 3.63) is 194 Å². The zero-order valence-corrected chi connectivity index (χ0v) is 28.2. The van der Waals surface area contributed by atoms with E-state index in [1.54, 1.807) is 0 Å². The Bertz CT molecular complexity index is 2980. The third kappa shape index (κ3) is 4.81. The van der Waals surface area contributed by atoms with Gasteiger partial charge in [-0.25, -0.2) is 0 Å². The first-order valence-electron chi connectivity index (χ1n) is 17.6. The van der Waals surface area contributed by atoms with Crippen molar-refractivity contribution < 1.29 is 0 Å². The Balaban J connectivity index is 1.06. The van der Waals surface area contributed by atoms with Crippen LogP contribution in [0.4, 0.5) is 0 Å². The van der Waals surface area contributed by atoms with Gasteiger partial charge >= 0.3 is 0 Å². The largest absolute Gasteiger partial charge is 0.309 e. The van der Waals surface area contributed by atoms with Crippen LogP contribution in [0, 0.1) is 11.3 Å². The van der Waals surface area contributed by atoms with Crippen LogP contribution in [0.1, 0.15) is 5.56 Å². The number of hydrogen-bond donors (Lipinski definition) is 0. The molecule has 0 atom stereocenters. The van der Waals surface area contributed by atoms with E-state index in [0.717, 1.165) is 22.5 Å². The molecule has 242 valence electrons. The summed E-state index contributed by atoms with van der Waals surface area (Å²) in [5.74, 6) is 0. The standard InChI is InChI=1S/C49H31N3/c50-32-33-14-16-35(17-15-33)37-20-26-41(27-21-37)52-47-13-7-5-11-43(47)45-31-39(23-29-49(45)52)38-22-28-48-44(30-38)42-10-4-6-12-46(42)51(48)40-24-18-36(19-25-40)34-8-2-1-3-9-34/h1-31H. The first-order chi connectivity index (χ1) is 25.7. The van der Waals surface area contributed by atoms with Crippen LogP contribution in [0.5, 0.6) is 0 Å². The van der Waals surface area contributed by atoms with Gasteiger partial charge in [0.1, 0.15) is 0 Å². The van der Waals surface area contributed by atoms with Crippen LogP contribution in [0.2, 0.25) is 0 Å². The first-order valence-corrected chi connectivity index (χ1v) is 17.6. The summed E-state index contributed by atoms with van der Waals surface area (Å²) in [6, 6.07) is 69.2. The van der Waals surface area contributed by atoms with Crippen LogP contribution in [-0.2, 0) is 0 Å². The molecule has 0 N–H and O–H groups in total. The number of nitrogens with zero attached hydrogens (tertiary/aromatic N) is 3. The van der Waals surface area contributed by atoms with Gasteiger partial charge in [0.15, 0.2) is 0 Å². The second-order valence-corrected chi connectivity index (χ2v) is 13.3. The molecule has 0 spiro atoms. The van der Waals surface area contributed by atoms with Gasteiger partial charge < -0.3 is 9.13 Å². The van der Waals surface area contributed by atoms with E-state index in [2.05, 4.69) is 179 Å². The molecule has 0 fully saturated rings. The number of rotatable bonds is 5. The van der Waals surface area contributed by atoms with Gasteiger partial charge in [0.25, 0.3) is 0 Å². The quantitative estimate of drug-likeness (QED) is 0.181. The van der Waals surface area contributed by atoms with Gasteiger partial charge in [-0.3, -0.25) is 0 Å². The smallest absolute Gasteiger partial charge is 0.0991 e. The normalized spacial score (nSPS) is 11.4. The molecule has 0 aliphatic heterocycles. The summed E-state index contributed by atoms with van der Waals surface area (Å²) >= 11 is 0. The van der Waals surface area contributed by atoms with E-state index in [1.807, 2.05) is 24.3 Å². The van der Waals surface area contributed by atoms with Crippen LogP contribution >= 0.6 is 0 Å². The van der Waals surface area contributed by atoms with Crippen molar-refractivity contribution in [1.29, 1.82) is 5.26 Å². The molecule has 52 heavy (non-hydrogen) atoms. The summed E-state index contributed by atoms with van der Waals surface area (Å²) in [6.07, 6.45) is 0. The lowest BCUT2D eigenvalue weighted by molar-refractivity contribution is 1.18. The van der Waals surface area contributed by atoms with E-state index in [4.69, 9.17) is 0 Å². The molecule has 3 heteroatoms. The number of nitriles is 1. The maximum absolute atomic E-state index is 9.20. The van der Waals surface area contributed by atoms with Crippen LogP contribution in [-0.4, -0.2) is 9.13 Å². The van der Waals surface area contributed by atoms with Crippen LogP contribution in [0.15, 0.2) is 188 Å². The third-order valence-corrected chi connectivity index (χ3v) is 10.4. The second kappa shape index (κ2) is 12.0. The molecule has 3 nitrogen and oxygen atoms in total. The number of hydrogen-bond acceptors (Lipinski definition) is 1. The molecule has 0 unspecified atom stereocenters. The summed E-state index contributed by atoms with van der Waals surface area (Å²) in [6.45, 7) is 0. The molecule has 0 radical (unpaired) electrons. The number of benzene rings is 8. The molecule has 0 saturated carbocycles. The lowest BCUT2D eigenvalue weighted by atomic mass is 10.0. The van der Waals surface area contributed by atoms with Crippen molar-refractivity contribution in [3.8, 4) is 50.8 Å². The lowest BCUT2D eigenvalue weighted by Gasteiger charge is -2.11. The molecule has 10 rings (SSSR count). The summed E-state index contributed by atoms with van der Waals surface area (Å²) in [4.78, 5) is 0. The number of fused-ring (bicyclic) bond motifs is 6. The second-order valence-electron chi connectivity index (χ2n) is 13.3. The Morgan fingerprint density at radius 3 is 1.13 bits per heavy atom. The molecule has 2 heterocycles. The first kappa shape index (κ1) is 29.7. The predicted molar refractivity (Wildman–Crippen MR) is 216 cm³/mol. The molecule has 0 bridgehead atoms. The van der Waals surface area contributed by atoms with Crippen molar-refractivity contribution in [2.24, 2.45) is 0 Å².